The second-order valence-electron chi connectivity index (χ2n) is 4.18. The summed E-state index contributed by atoms with van der Waals surface area (Å²) in [5.41, 5.74) is 1.30. The number of benzene rings is 1. The van der Waals surface area contributed by atoms with Gasteiger partial charge in [-0.3, -0.25) is 4.79 Å². The predicted octanol–water partition coefficient (Wildman–Crippen LogP) is 2.02. The van der Waals surface area contributed by atoms with Crippen LogP contribution < -0.4 is 4.74 Å². The maximum Gasteiger partial charge on any atom is 0.246 e. The van der Waals surface area contributed by atoms with E-state index >= 15 is 0 Å². The molecule has 0 bridgehead atoms. The largest absolute Gasteiger partial charge is 0.487 e. The highest BCUT2D eigenvalue weighted by Gasteiger charge is 2.30. The number of carbonyl (C=O) groups is 1. The van der Waals surface area contributed by atoms with Crippen molar-refractivity contribution in [3.05, 3.63) is 42.5 Å². The molecule has 0 atom stereocenters. The van der Waals surface area contributed by atoms with Gasteiger partial charge in [-0.1, -0.05) is 25.6 Å². The van der Waals surface area contributed by atoms with Crippen molar-refractivity contribution < 1.29 is 9.53 Å². The third-order valence-corrected chi connectivity index (χ3v) is 2.97. The molecule has 0 spiro atoms. The average Bonchev–Trinajstić information content (AvgIpc) is 2.33. The fourth-order valence-electron chi connectivity index (χ4n) is 1.82. The molecule has 90 valence electrons. The maximum atomic E-state index is 11.2. The van der Waals surface area contributed by atoms with E-state index < -0.39 is 0 Å². The van der Waals surface area contributed by atoms with Crippen LogP contribution in [-0.4, -0.2) is 30.0 Å². The lowest BCUT2D eigenvalue weighted by Gasteiger charge is -2.38. The van der Waals surface area contributed by atoms with E-state index in [1.165, 1.54) is 11.6 Å². The summed E-state index contributed by atoms with van der Waals surface area (Å²) in [7, 11) is 0. The van der Waals surface area contributed by atoms with Gasteiger partial charge < -0.3 is 9.64 Å². The molecule has 1 aromatic carbocycles. The molecule has 17 heavy (non-hydrogen) atoms. The second-order valence-corrected chi connectivity index (χ2v) is 4.18. The van der Waals surface area contributed by atoms with Crippen LogP contribution in [0.25, 0.3) is 0 Å². The Balaban J connectivity index is 1.83. The van der Waals surface area contributed by atoms with Crippen LogP contribution in [0.2, 0.25) is 0 Å². The van der Waals surface area contributed by atoms with Crippen LogP contribution in [0.4, 0.5) is 0 Å². The summed E-state index contributed by atoms with van der Waals surface area (Å²) in [4.78, 5) is 12.9. The summed E-state index contributed by atoms with van der Waals surface area (Å²) in [6, 6.07) is 8.11. The number of amides is 1. The van der Waals surface area contributed by atoms with E-state index in [2.05, 4.69) is 25.6 Å². The number of hydrogen-bond donors (Lipinski definition) is 0. The van der Waals surface area contributed by atoms with Gasteiger partial charge in [0, 0.05) is 0 Å². The number of aryl methyl sites for hydroxylation is 1. The summed E-state index contributed by atoms with van der Waals surface area (Å²) in [6.07, 6.45) is 2.49. The summed E-state index contributed by atoms with van der Waals surface area (Å²) < 4.78 is 5.75. The molecule has 0 unspecified atom stereocenters. The number of rotatable bonds is 4. The van der Waals surface area contributed by atoms with E-state index in [4.69, 9.17) is 4.74 Å². The number of nitrogens with zero attached hydrogens (tertiary/aromatic N) is 1. The number of likely N-dealkylation sites (tertiary alicyclic amines) is 1. The Bertz CT molecular complexity index is 405. The highest BCUT2D eigenvalue weighted by atomic mass is 16.5. The van der Waals surface area contributed by atoms with E-state index in [0.717, 1.165) is 12.2 Å². The molecule has 3 heteroatoms. The van der Waals surface area contributed by atoms with Gasteiger partial charge in [-0.15, -0.1) is 0 Å². The molecule has 1 amide bonds. The van der Waals surface area contributed by atoms with Gasteiger partial charge in [-0.05, 0) is 30.2 Å². The van der Waals surface area contributed by atoms with E-state index in [1.54, 1.807) is 4.90 Å². The van der Waals surface area contributed by atoms with Gasteiger partial charge in [0.1, 0.15) is 11.9 Å². The van der Waals surface area contributed by atoms with Crippen molar-refractivity contribution in [3.63, 3.8) is 0 Å². The maximum absolute atomic E-state index is 11.2. The smallest absolute Gasteiger partial charge is 0.246 e. The van der Waals surface area contributed by atoms with Crippen molar-refractivity contribution in [1.82, 2.24) is 4.90 Å². The highest BCUT2D eigenvalue weighted by molar-refractivity contribution is 5.87. The zero-order valence-corrected chi connectivity index (χ0v) is 10.1. The quantitative estimate of drug-likeness (QED) is 0.742. The van der Waals surface area contributed by atoms with Gasteiger partial charge in [-0.2, -0.15) is 0 Å². The monoisotopic (exact) mass is 231 g/mol. The van der Waals surface area contributed by atoms with Crippen molar-refractivity contribution in [1.29, 1.82) is 0 Å². The van der Waals surface area contributed by atoms with Crippen molar-refractivity contribution in [2.75, 3.05) is 13.1 Å². The van der Waals surface area contributed by atoms with Crippen LogP contribution in [0.3, 0.4) is 0 Å². The van der Waals surface area contributed by atoms with Crippen LogP contribution in [-0.2, 0) is 11.2 Å². The van der Waals surface area contributed by atoms with Gasteiger partial charge >= 0.3 is 0 Å². The molecule has 0 saturated carbocycles. The Labute approximate surface area is 102 Å². The van der Waals surface area contributed by atoms with Crippen LogP contribution in [0, 0.1) is 0 Å². The first-order valence-electron chi connectivity index (χ1n) is 5.90. The summed E-state index contributed by atoms with van der Waals surface area (Å²) >= 11 is 0. The molecule has 1 aliphatic heterocycles. The Morgan fingerprint density at radius 3 is 2.65 bits per heavy atom. The van der Waals surface area contributed by atoms with Gasteiger partial charge in [0.05, 0.1) is 13.1 Å². The highest BCUT2D eigenvalue weighted by Crippen LogP contribution is 2.19. The SMILES string of the molecule is C=CC(=O)N1CC(Oc2ccc(CC)cc2)C1. The van der Waals surface area contributed by atoms with Crippen molar-refractivity contribution in [2.45, 2.75) is 19.4 Å². The molecular formula is C14H17NO2. The van der Waals surface area contributed by atoms with Gasteiger partial charge in [0.15, 0.2) is 0 Å². The number of carbonyl (C=O) groups excluding carboxylic acids is 1. The van der Waals surface area contributed by atoms with Gasteiger partial charge in [-0.25, -0.2) is 0 Å². The second kappa shape index (κ2) is 5.04. The van der Waals surface area contributed by atoms with E-state index in [9.17, 15) is 4.79 Å². The van der Waals surface area contributed by atoms with Crippen LogP contribution in [0.15, 0.2) is 36.9 Å². The van der Waals surface area contributed by atoms with Crippen LogP contribution in [0.5, 0.6) is 5.75 Å². The molecule has 1 aromatic rings. The van der Waals surface area contributed by atoms with Crippen LogP contribution >= 0.6 is 0 Å². The summed E-state index contributed by atoms with van der Waals surface area (Å²) in [5, 5.41) is 0. The Morgan fingerprint density at radius 1 is 1.47 bits per heavy atom. The lowest BCUT2D eigenvalue weighted by Crippen LogP contribution is -2.55. The standard InChI is InChI=1S/C14H17NO2/c1-3-11-5-7-12(8-6-11)17-13-9-15(10-13)14(16)4-2/h4-8,13H,2-3,9-10H2,1H3. The molecule has 0 radical (unpaired) electrons. The molecular weight excluding hydrogens is 214 g/mol. The minimum Gasteiger partial charge on any atom is -0.487 e. The zero-order valence-electron chi connectivity index (χ0n) is 10.1. The fraction of sp³-hybridized carbons (Fsp3) is 0.357. The first kappa shape index (κ1) is 11.7. The lowest BCUT2D eigenvalue weighted by molar-refractivity contribution is -0.134. The number of ether oxygens (including phenoxy) is 1. The first-order chi connectivity index (χ1) is 8.22. The molecule has 0 aromatic heterocycles. The predicted molar refractivity (Wildman–Crippen MR) is 67.0 cm³/mol. The average molecular weight is 231 g/mol. The molecule has 0 aliphatic carbocycles. The third-order valence-electron chi connectivity index (χ3n) is 2.97. The molecule has 2 rings (SSSR count). The Hall–Kier alpha value is -1.77. The first-order valence-corrected chi connectivity index (χ1v) is 5.90. The van der Waals surface area contributed by atoms with Crippen molar-refractivity contribution >= 4 is 5.91 Å². The van der Waals surface area contributed by atoms with Crippen molar-refractivity contribution in [3.8, 4) is 5.75 Å². The third kappa shape index (κ3) is 2.67. The van der Waals surface area contributed by atoms with Gasteiger partial charge in [0.2, 0.25) is 5.91 Å². The van der Waals surface area contributed by atoms with E-state index in [0.29, 0.717) is 13.1 Å². The van der Waals surface area contributed by atoms with Gasteiger partial charge in [0.25, 0.3) is 0 Å². The van der Waals surface area contributed by atoms with Crippen LogP contribution in [0.1, 0.15) is 12.5 Å². The normalized spacial score (nSPS) is 15.2. The summed E-state index contributed by atoms with van der Waals surface area (Å²) in [5.74, 6) is 0.851. The summed E-state index contributed by atoms with van der Waals surface area (Å²) in [6.45, 7) is 6.89. The molecule has 1 fully saturated rings. The molecule has 1 heterocycles. The topological polar surface area (TPSA) is 29.5 Å². The van der Waals surface area contributed by atoms with E-state index in [-0.39, 0.29) is 12.0 Å². The minimum atomic E-state index is -0.0221. The molecule has 1 saturated heterocycles. The molecule has 0 N–H and O–H groups in total. The number of hydrogen-bond acceptors (Lipinski definition) is 2. The van der Waals surface area contributed by atoms with E-state index in [1.807, 2.05) is 12.1 Å². The zero-order chi connectivity index (χ0) is 12.3. The lowest BCUT2D eigenvalue weighted by atomic mass is 10.1. The van der Waals surface area contributed by atoms with Crippen molar-refractivity contribution in [2.24, 2.45) is 0 Å². The molecule has 3 nitrogen and oxygen atoms in total. The Kier molecular flexibility index (Phi) is 3.47. The fourth-order valence-corrected chi connectivity index (χ4v) is 1.82. The molecule has 1 aliphatic rings. The Morgan fingerprint density at radius 2 is 2.12 bits per heavy atom. The minimum absolute atomic E-state index is 0.0221.